The number of thioether (sulfide) groups is 1. The first-order valence-corrected chi connectivity index (χ1v) is 10.5. The fourth-order valence-electron chi connectivity index (χ4n) is 3.55. The van der Waals surface area contributed by atoms with E-state index >= 15 is 0 Å². The highest BCUT2D eigenvalue weighted by Crippen LogP contribution is 2.51. The summed E-state index contributed by atoms with van der Waals surface area (Å²) in [6.07, 6.45) is 3.90. The van der Waals surface area contributed by atoms with Crippen LogP contribution in [0.1, 0.15) is 43.2 Å². The molecule has 28 heavy (non-hydrogen) atoms. The molecule has 2 aromatic heterocycles. The molecule has 152 valence electrons. The summed E-state index contributed by atoms with van der Waals surface area (Å²) in [5.41, 5.74) is -0.460. The highest BCUT2D eigenvalue weighted by molar-refractivity contribution is 7.98. The number of aryl methyl sites for hydroxylation is 1. The van der Waals surface area contributed by atoms with E-state index in [2.05, 4.69) is 15.3 Å². The molecule has 1 amide bonds. The molecule has 2 unspecified atom stereocenters. The zero-order chi connectivity index (χ0) is 20.5. The Labute approximate surface area is 169 Å². The van der Waals surface area contributed by atoms with Crippen molar-refractivity contribution in [1.82, 2.24) is 15.3 Å². The lowest BCUT2D eigenvalue weighted by Gasteiger charge is -2.57. The van der Waals surface area contributed by atoms with E-state index in [-0.39, 0.29) is 18.6 Å². The molecule has 1 aliphatic carbocycles. The summed E-state index contributed by atoms with van der Waals surface area (Å²) in [7, 11) is 0. The number of hydrogen-bond acceptors (Lipinski definition) is 7. The van der Waals surface area contributed by atoms with Gasteiger partial charge in [-0.3, -0.25) is 4.79 Å². The number of furan rings is 1. The third-order valence-electron chi connectivity index (χ3n) is 5.66. The van der Waals surface area contributed by atoms with Crippen molar-refractivity contribution in [2.45, 2.75) is 50.8 Å². The molecule has 2 heterocycles. The third-order valence-corrected chi connectivity index (χ3v) is 6.34. The number of carbonyl (C=O) groups excluding carboxylic acids is 1. The molecule has 1 fully saturated rings. The highest BCUT2D eigenvalue weighted by atomic mass is 32.2. The molecule has 7 nitrogen and oxygen atoms in total. The van der Waals surface area contributed by atoms with E-state index in [4.69, 9.17) is 9.15 Å². The quantitative estimate of drug-likeness (QED) is 0.540. The van der Waals surface area contributed by atoms with Gasteiger partial charge in [0.25, 0.3) is 5.91 Å². The smallest absolute Gasteiger partial charge is 0.255 e. The zero-order valence-electron chi connectivity index (χ0n) is 16.9. The van der Waals surface area contributed by atoms with E-state index < -0.39 is 11.0 Å². The molecular formula is C20H27N3O4S. The Morgan fingerprint density at radius 2 is 2.21 bits per heavy atom. The molecule has 0 radical (unpaired) electrons. The maximum atomic E-state index is 12.9. The van der Waals surface area contributed by atoms with Crippen molar-refractivity contribution in [1.29, 1.82) is 0 Å². The molecule has 3 rings (SSSR count). The van der Waals surface area contributed by atoms with Gasteiger partial charge >= 0.3 is 0 Å². The minimum atomic E-state index is -1.01. The van der Waals surface area contributed by atoms with Crippen LogP contribution in [0.15, 0.2) is 27.8 Å². The van der Waals surface area contributed by atoms with Crippen molar-refractivity contribution < 1.29 is 19.1 Å². The Hall–Kier alpha value is -1.90. The first-order valence-electron chi connectivity index (χ1n) is 9.32. The van der Waals surface area contributed by atoms with Crippen LogP contribution >= 0.6 is 11.8 Å². The van der Waals surface area contributed by atoms with Crippen molar-refractivity contribution in [2.24, 2.45) is 5.41 Å². The summed E-state index contributed by atoms with van der Waals surface area (Å²) in [5, 5.41) is 14.4. The number of nitrogens with one attached hydrogen (secondary N) is 1. The first kappa shape index (κ1) is 20.8. The molecule has 1 saturated carbocycles. The SMILES string of the molecule is CCOC1CC(O)(CNC(=O)c2c(C)nc(-c3ccco3)nc2SC)C1(C)C. The number of aliphatic hydroxyl groups is 1. The zero-order valence-corrected chi connectivity index (χ0v) is 17.7. The van der Waals surface area contributed by atoms with Crippen molar-refractivity contribution in [3.05, 3.63) is 29.7 Å². The van der Waals surface area contributed by atoms with E-state index in [1.165, 1.54) is 11.8 Å². The summed E-state index contributed by atoms with van der Waals surface area (Å²) < 4.78 is 11.0. The number of hydrogen-bond donors (Lipinski definition) is 2. The van der Waals surface area contributed by atoms with Crippen LogP contribution < -0.4 is 5.32 Å². The van der Waals surface area contributed by atoms with Gasteiger partial charge in [-0.25, -0.2) is 9.97 Å². The van der Waals surface area contributed by atoms with Crippen LogP contribution in [-0.4, -0.2) is 52.1 Å². The second-order valence-corrected chi connectivity index (χ2v) is 8.37. The number of aromatic nitrogens is 2. The molecule has 0 bridgehead atoms. The lowest BCUT2D eigenvalue weighted by atomic mass is 9.56. The number of amides is 1. The standard InChI is InChI=1S/C20H27N3O4S/c1-6-26-14-10-20(25,19(14,3)4)11-21-17(24)15-12(2)22-16(23-18(15)28-5)13-8-7-9-27-13/h7-9,14,25H,6,10-11H2,1-5H3,(H,21,24). The number of nitrogens with zero attached hydrogens (tertiary/aromatic N) is 2. The van der Waals surface area contributed by atoms with Crippen LogP contribution in [0.5, 0.6) is 0 Å². The second kappa shape index (κ2) is 7.85. The summed E-state index contributed by atoms with van der Waals surface area (Å²) in [5.74, 6) is 0.705. The second-order valence-electron chi connectivity index (χ2n) is 7.58. The maximum absolute atomic E-state index is 12.9. The van der Waals surface area contributed by atoms with Crippen LogP contribution in [0, 0.1) is 12.3 Å². The Balaban J connectivity index is 1.76. The van der Waals surface area contributed by atoms with Crippen LogP contribution in [0.25, 0.3) is 11.6 Å². The number of rotatable bonds is 7. The Kier molecular flexibility index (Phi) is 5.84. The fraction of sp³-hybridized carbons (Fsp3) is 0.550. The molecule has 2 N–H and O–H groups in total. The summed E-state index contributed by atoms with van der Waals surface area (Å²) in [6.45, 7) is 8.39. The van der Waals surface area contributed by atoms with Crippen LogP contribution in [-0.2, 0) is 4.74 Å². The summed E-state index contributed by atoms with van der Waals surface area (Å²) in [6, 6.07) is 3.55. The van der Waals surface area contributed by atoms with E-state index in [1.54, 1.807) is 25.3 Å². The molecule has 0 saturated heterocycles. The molecule has 2 atom stereocenters. The van der Waals surface area contributed by atoms with Crippen molar-refractivity contribution in [3.8, 4) is 11.6 Å². The molecule has 2 aromatic rings. The van der Waals surface area contributed by atoms with E-state index in [0.29, 0.717) is 40.9 Å². The third kappa shape index (κ3) is 3.56. The number of ether oxygens (including phenoxy) is 1. The van der Waals surface area contributed by atoms with E-state index in [9.17, 15) is 9.90 Å². The van der Waals surface area contributed by atoms with Gasteiger partial charge < -0.3 is 19.6 Å². The Bertz CT molecular complexity index is 853. The van der Waals surface area contributed by atoms with Crippen molar-refractivity contribution in [2.75, 3.05) is 19.4 Å². The molecular weight excluding hydrogens is 378 g/mol. The van der Waals surface area contributed by atoms with Gasteiger partial charge in [0, 0.05) is 25.0 Å². The van der Waals surface area contributed by atoms with Gasteiger partial charge in [-0.1, -0.05) is 13.8 Å². The fourth-order valence-corrected chi connectivity index (χ4v) is 4.17. The van der Waals surface area contributed by atoms with Crippen LogP contribution in [0.3, 0.4) is 0 Å². The normalized spacial score (nSPS) is 23.3. The first-order chi connectivity index (χ1) is 13.2. The highest BCUT2D eigenvalue weighted by Gasteiger charge is 2.60. The monoisotopic (exact) mass is 405 g/mol. The molecule has 0 spiro atoms. The van der Waals surface area contributed by atoms with Gasteiger partial charge in [-0.15, -0.1) is 11.8 Å². The van der Waals surface area contributed by atoms with Crippen LogP contribution in [0.2, 0.25) is 0 Å². The lowest BCUT2D eigenvalue weighted by molar-refractivity contribution is -0.237. The summed E-state index contributed by atoms with van der Waals surface area (Å²) >= 11 is 1.37. The minimum Gasteiger partial charge on any atom is -0.461 e. The van der Waals surface area contributed by atoms with Gasteiger partial charge in [0.15, 0.2) is 11.6 Å². The summed E-state index contributed by atoms with van der Waals surface area (Å²) in [4.78, 5) is 21.8. The predicted octanol–water partition coefficient (Wildman–Crippen LogP) is 3.06. The molecule has 0 aromatic carbocycles. The van der Waals surface area contributed by atoms with Gasteiger partial charge in [0.2, 0.25) is 0 Å². The Morgan fingerprint density at radius 3 is 2.79 bits per heavy atom. The molecule has 8 heteroatoms. The van der Waals surface area contributed by atoms with Crippen LogP contribution in [0.4, 0.5) is 0 Å². The number of carbonyl (C=O) groups is 1. The van der Waals surface area contributed by atoms with Crippen molar-refractivity contribution >= 4 is 17.7 Å². The van der Waals surface area contributed by atoms with E-state index in [0.717, 1.165) is 0 Å². The Morgan fingerprint density at radius 1 is 1.46 bits per heavy atom. The van der Waals surface area contributed by atoms with Gasteiger partial charge in [0.1, 0.15) is 5.03 Å². The van der Waals surface area contributed by atoms with Crippen molar-refractivity contribution in [3.63, 3.8) is 0 Å². The van der Waals surface area contributed by atoms with Gasteiger partial charge in [-0.05, 0) is 32.2 Å². The molecule has 1 aliphatic rings. The topological polar surface area (TPSA) is 97.5 Å². The average Bonchev–Trinajstić information content (AvgIpc) is 3.20. The minimum absolute atomic E-state index is 0.0150. The maximum Gasteiger partial charge on any atom is 0.255 e. The predicted molar refractivity (Wildman–Crippen MR) is 107 cm³/mol. The largest absolute Gasteiger partial charge is 0.461 e. The molecule has 0 aliphatic heterocycles. The van der Waals surface area contributed by atoms with E-state index in [1.807, 2.05) is 27.0 Å². The average molecular weight is 406 g/mol. The lowest BCUT2D eigenvalue weighted by Crippen LogP contribution is -2.68. The van der Waals surface area contributed by atoms with Gasteiger partial charge in [0.05, 0.1) is 29.2 Å². The van der Waals surface area contributed by atoms with Gasteiger partial charge in [-0.2, -0.15) is 0 Å².